The summed E-state index contributed by atoms with van der Waals surface area (Å²) in [6.45, 7) is 4.72. The van der Waals surface area contributed by atoms with Crippen LogP contribution in [0.4, 0.5) is 17.1 Å². The lowest BCUT2D eigenvalue weighted by molar-refractivity contribution is 0.660. The zero-order valence-corrected chi connectivity index (χ0v) is 44.6. The first-order valence-corrected chi connectivity index (χ1v) is 27.6. The van der Waals surface area contributed by atoms with Gasteiger partial charge >= 0.3 is 0 Å². The quantitative estimate of drug-likeness (QED) is 0.129. The van der Waals surface area contributed by atoms with Crippen molar-refractivity contribution in [2.45, 2.75) is 19.3 Å². The minimum atomic E-state index is -0.159. The van der Waals surface area contributed by atoms with Crippen molar-refractivity contribution in [3.63, 3.8) is 0 Å². The van der Waals surface area contributed by atoms with Crippen molar-refractivity contribution in [3.8, 4) is 101 Å². The highest BCUT2D eigenvalue weighted by Gasteiger charge is 2.38. The van der Waals surface area contributed by atoms with Crippen LogP contribution in [0.2, 0.25) is 0 Å². The van der Waals surface area contributed by atoms with Gasteiger partial charge in [-0.2, -0.15) is 0 Å². The molecule has 1 aromatic heterocycles. The highest BCUT2D eigenvalue weighted by Crippen LogP contribution is 2.55. The van der Waals surface area contributed by atoms with E-state index in [1.54, 1.807) is 0 Å². The predicted octanol–water partition coefficient (Wildman–Crippen LogP) is 20.7. The summed E-state index contributed by atoms with van der Waals surface area (Å²) in [5, 5.41) is 2.38. The molecule has 14 rings (SSSR count). The minimum absolute atomic E-state index is 0.159. The second-order valence-corrected chi connectivity index (χ2v) is 21.2. The number of hydrogen-bond donors (Lipinski definition) is 0. The van der Waals surface area contributed by atoms with Gasteiger partial charge in [0.15, 0.2) is 5.82 Å². The molecule has 1 aliphatic carbocycles. The van der Waals surface area contributed by atoms with E-state index >= 15 is 0 Å². The van der Waals surface area contributed by atoms with Crippen LogP contribution >= 0.6 is 0 Å². The maximum absolute atomic E-state index is 5.23. The fourth-order valence-corrected chi connectivity index (χ4v) is 12.3. The maximum atomic E-state index is 5.23. The van der Waals surface area contributed by atoms with Crippen molar-refractivity contribution in [1.82, 2.24) is 9.97 Å². The largest absolute Gasteiger partial charge is 0.310 e. The van der Waals surface area contributed by atoms with Gasteiger partial charge in [-0.1, -0.05) is 275 Å². The topological polar surface area (TPSA) is 29.0 Å². The maximum Gasteiger partial charge on any atom is 0.160 e. The van der Waals surface area contributed by atoms with E-state index in [4.69, 9.17) is 9.97 Å². The molecule has 0 atom stereocenters. The average Bonchev–Trinajstić information content (AvgIpc) is 3.93. The lowest BCUT2D eigenvalue weighted by Crippen LogP contribution is -2.16. The van der Waals surface area contributed by atoms with E-state index in [0.717, 1.165) is 78.5 Å². The Labute approximate surface area is 468 Å². The van der Waals surface area contributed by atoms with Crippen molar-refractivity contribution < 1.29 is 0 Å². The third kappa shape index (κ3) is 8.57. The second kappa shape index (κ2) is 20.3. The molecule has 0 saturated carbocycles. The van der Waals surface area contributed by atoms with Crippen molar-refractivity contribution >= 4 is 27.8 Å². The molecule has 13 aromatic rings. The molecule has 0 bridgehead atoms. The monoisotopic (exact) mass is 1020 g/mol. The molecule has 0 radical (unpaired) electrons. The van der Waals surface area contributed by atoms with Crippen molar-refractivity contribution in [2.75, 3.05) is 4.90 Å². The van der Waals surface area contributed by atoms with Crippen LogP contribution in [0.1, 0.15) is 25.0 Å². The summed E-state index contributed by atoms with van der Waals surface area (Å²) in [6, 6.07) is 107. The van der Waals surface area contributed by atoms with Gasteiger partial charge in [0.2, 0.25) is 0 Å². The molecule has 3 heteroatoms. The Hall–Kier alpha value is -10.2. The molecule has 0 fully saturated rings. The van der Waals surface area contributed by atoms with Crippen LogP contribution in [-0.4, -0.2) is 9.97 Å². The van der Waals surface area contributed by atoms with Crippen molar-refractivity contribution in [2.24, 2.45) is 0 Å². The third-order valence-electron chi connectivity index (χ3n) is 16.1. The van der Waals surface area contributed by atoms with Crippen molar-refractivity contribution in [3.05, 3.63) is 308 Å². The number of anilines is 3. The molecule has 3 nitrogen and oxygen atoms in total. The van der Waals surface area contributed by atoms with Crippen molar-refractivity contribution in [1.29, 1.82) is 0 Å². The molecule has 12 aromatic carbocycles. The summed E-state index contributed by atoms with van der Waals surface area (Å²) in [5.41, 5.74) is 24.8. The predicted molar refractivity (Wildman–Crippen MR) is 335 cm³/mol. The highest BCUT2D eigenvalue weighted by atomic mass is 15.1. The zero-order valence-electron chi connectivity index (χ0n) is 44.6. The Morgan fingerprint density at radius 3 is 1.14 bits per heavy atom. The summed E-state index contributed by atoms with van der Waals surface area (Å²) in [5.74, 6) is 0.676. The molecule has 0 unspecified atom stereocenters. The Balaban J connectivity index is 0.983. The summed E-state index contributed by atoms with van der Waals surface area (Å²) in [4.78, 5) is 12.9. The summed E-state index contributed by atoms with van der Waals surface area (Å²) >= 11 is 0. The smallest absolute Gasteiger partial charge is 0.160 e. The van der Waals surface area contributed by atoms with Gasteiger partial charge in [0.05, 0.1) is 17.1 Å². The van der Waals surface area contributed by atoms with E-state index in [2.05, 4.69) is 304 Å². The van der Waals surface area contributed by atoms with E-state index < -0.39 is 0 Å². The van der Waals surface area contributed by atoms with Crippen LogP contribution in [0.5, 0.6) is 0 Å². The Bertz CT molecular complexity index is 4310. The van der Waals surface area contributed by atoms with Gasteiger partial charge in [-0.15, -0.1) is 0 Å². The molecular formula is C77H55N3. The standard InChI is InChI=1S/C77H55N3/c1-77(2)66-36-21-20-35-65(66)75-67(77)37-22-38-70(75)80(61-47-43-53(44-48-61)52-23-8-3-9-24-52)62-49-45-59(46-50-62)74-72(57-31-16-7-17-32-57)64-34-19-18-33-63(64)71(56-29-14-6-15-30-56)73(74)58-39-41-60(42-40-58)76-78-68(54-25-10-4-11-26-54)51-69(79-76)55-27-12-5-13-28-55/h3-51H,1-2H3. The fraction of sp³-hybridized carbons (Fsp3) is 0.0390. The van der Waals surface area contributed by atoms with Crippen LogP contribution in [0.25, 0.3) is 111 Å². The number of benzene rings is 12. The molecule has 1 heterocycles. The third-order valence-corrected chi connectivity index (χ3v) is 16.1. The second-order valence-electron chi connectivity index (χ2n) is 21.2. The van der Waals surface area contributed by atoms with E-state index in [1.165, 1.54) is 55.3 Å². The van der Waals surface area contributed by atoms with Crippen LogP contribution < -0.4 is 4.90 Å². The van der Waals surface area contributed by atoms with Gasteiger partial charge in [0, 0.05) is 39.0 Å². The molecule has 80 heavy (non-hydrogen) atoms. The van der Waals surface area contributed by atoms with Crippen LogP contribution in [0.3, 0.4) is 0 Å². The Kier molecular flexibility index (Phi) is 12.2. The van der Waals surface area contributed by atoms with Crippen LogP contribution in [0.15, 0.2) is 297 Å². The number of aromatic nitrogens is 2. The van der Waals surface area contributed by atoms with Gasteiger partial charge in [-0.3, -0.25) is 0 Å². The highest BCUT2D eigenvalue weighted by molar-refractivity contribution is 6.18. The first-order valence-electron chi connectivity index (χ1n) is 27.6. The van der Waals surface area contributed by atoms with E-state index in [0.29, 0.717) is 5.82 Å². The van der Waals surface area contributed by atoms with Gasteiger partial charge in [0.25, 0.3) is 0 Å². The van der Waals surface area contributed by atoms with E-state index in [-0.39, 0.29) is 5.41 Å². The molecule has 1 aliphatic rings. The lowest BCUT2D eigenvalue weighted by atomic mass is 9.79. The summed E-state index contributed by atoms with van der Waals surface area (Å²) in [7, 11) is 0. The minimum Gasteiger partial charge on any atom is -0.310 e. The zero-order chi connectivity index (χ0) is 53.6. The number of rotatable bonds is 11. The van der Waals surface area contributed by atoms with E-state index in [1.807, 2.05) is 12.1 Å². The molecule has 0 amide bonds. The lowest BCUT2D eigenvalue weighted by Gasteiger charge is -2.29. The summed E-state index contributed by atoms with van der Waals surface area (Å²) in [6.07, 6.45) is 0. The molecule has 0 spiro atoms. The number of fused-ring (bicyclic) bond motifs is 4. The van der Waals surface area contributed by atoms with Gasteiger partial charge in [-0.05, 0) is 119 Å². The van der Waals surface area contributed by atoms with Gasteiger partial charge in [-0.25, -0.2) is 9.97 Å². The first-order chi connectivity index (χ1) is 39.5. The molecule has 0 N–H and O–H groups in total. The van der Waals surface area contributed by atoms with Gasteiger partial charge in [0.1, 0.15) is 0 Å². The number of hydrogen-bond acceptors (Lipinski definition) is 3. The average molecular weight is 1020 g/mol. The van der Waals surface area contributed by atoms with Gasteiger partial charge < -0.3 is 4.90 Å². The molecular weight excluding hydrogens is 967 g/mol. The number of nitrogens with zero attached hydrogens (tertiary/aromatic N) is 3. The Morgan fingerprint density at radius 2 is 0.637 bits per heavy atom. The molecule has 378 valence electrons. The molecule has 0 aliphatic heterocycles. The SMILES string of the molecule is CC1(C)c2ccccc2-c2c(N(c3ccc(-c4ccccc4)cc3)c3ccc(-c4c(-c5ccc(-c6nc(-c7ccccc7)cc(-c7ccccc7)n6)cc5)c(-c5ccccc5)c5ccccc5c4-c4ccccc4)cc3)cccc21. The molecule has 0 saturated heterocycles. The Morgan fingerprint density at radius 1 is 0.275 bits per heavy atom. The van der Waals surface area contributed by atoms with E-state index in [9.17, 15) is 0 Å². The van der Waals surface area contributed by atoms with Crippen LogP contribution in [-0.2, 0) is 5.41 Å². The van der Waals surface area contributed by atoms with Crippen LogP contribution in [0, 0.1) is 0 Å². The summed E-state index contributed by atoms with van der Waals surface area (Å²) < 4.78 is 0. The fourth-order valence-electron chi connectivity index (χ4n) is 12.3. The normalized spacial score (nSPS) is 12.2. The first kappa shape index (κ1) is 48.2.